The minimum Gasteiger partial charge on any atom is -0.346 e. The Morgan fingerprint density at radius 3 is 2.00 bits per heavy atom. The zero-order valence-corrected chi connectivity index (χ0v) is 16.8. The maximum Gasteiger partial charge on any atom is 0.242 e. The molecule has 0 aromatic carbocycles. The van der Waals surface area contributed by atoms with E-state index in [1.54, 1.807) is 11.8 Å². The van der Waals surface area contributed by atoms with Crippen molar-refractivity contribution in [3.8, 4) is 0 Å². The number of nitrogens with one attached hydrogen (secondary N) is 1. The smallest absolute Gasteiger partial charge is 0.242 e. The van der Waals surface area contributed by atoms with Crippen LogP contribution in [0.3, 0.4) is 0 Å². The van der Waals surface area contributed by atoms with Gasteiger partial charge in [0.2, 0.25) is 17.7 Å². The van der Waals surface area contributed by atoms with Crippen molar-refractivity contribution in [1.29, 1.82) is 0 Å². The Balaban J connectivity index is 0.00000576. The van der Waals surface area contributed by atoms with Gasteiger partial charge in [-0.2, -0.15) is 0 Å². The second kappa shape index (κ2) is 10.6. The van der Waals surface area contributed by atoms with Gasteiger partial charge in [-0.1, -0.05) is 27.7 Å². The lowest BCUT2D eigenvalue weighted by Crippen LogP contribution is -2.62. The van der Waals surface area contributed by atoms with E-state index in [1.807, 2.05) is 32.6 Å². The van der Waals surface area contributed by atoms with E-state index in [0.717, 1.165) is 12.8 Å². The molecule has 3 amide bonds. The Kier molecular flexibility index (Phi) is 10.0. The normalized spacial score (nSPS) is 21.6. The summed E-state index contributed by atoms with van der Waals surface area (Å²) < 4.78 is 0. The molecule has 2 unspecified atom stereocenters. The van der Waals surface area contributed by atoms with E-state index in [4.69, 9.17) is 5.73 Å². The number of rotatable bonds is 6. The Bertz CT molecular complexity index is 473. The summed E-state index contributed by atoms with van der Waals surface area (Å²) in [6, 6.07) is -0.597. The van der Waals surface area contributed by atoms with Crippen LogP contribution >= 0.6 is 12.4 Å². The highest BCUT2D eigenvalue weighted by Gasteiger charge is 2.35. The first-order valence-electron chi connectivity index (χ1n) is 8.82. The van der Waals surface area contributed by atoms with E-state index in [9.17, 15) is 14.4 Å². The van der Waals surface area contributed by atoms with Crippen LogP contribution in [0, 0.1) is 5.92 Å². The molecule has 0 saturated carbocycles. The van der Waals surface area contributed by atoms with Crippen molar-refractivity contribution in [2.75, 3.05) is 19.6 Å². The largest absolute Gasteiger partial charge is 0.346 e. The molecule has 1 rings (SSSR count). The van der Waals surface area contributed by atoms with Gasteiger partial charge in [0.1, 0.15) is 0 Å². The molecule has 7 nitrogen and oxygen atoms in total. The van der Waals surface area contributed by atoms with Gasteiger partial charge in [0.05, 0.1) is 12.6 Å². The zero-order chi connectivity index (χ0) is 18.4. The lowest BCUT2D eigenvalue weighted by Gasteiger charge is -2.46. The van der Waals surface area contributed by atoms with Crippen molar-refractivity contribution in [2.24, 2.45) is 11.7 Å². The minimum atomic E-state index is -0.613. The molecule has 1 aliphatic heterocycles. The molecule has 3 atom stereocenters. The molecule has 1 heterocycles. The van der Waals surface area contributed by atoms with Crippen LogP contribution in [-0.2, 0) is 14.4 Å². The standard InChI is InChI=1S/C17H32N4O3.ClH/c1-6-13-10-21(14(7-2)9-20(13)12(5)22)15(23)8-19-17(24)16(18)11(3)4;/h11,13-14,16H,6-10,18H2,1-5H3,(H,19,24);1H/t13?,14?,16-;/m0./s1. The van der Waals surface area contributed by atoms with Gasteiger partial charge in [-0.25, -0.2) is 0 Å². The number of piperazine rings is 1. The van der Waals surface area contributed by atoms with Crippen LogP contribution in [0.25, 0.3) is 0 Å². The van der Waals surface area contributed by atoms with Gasteiger partial charge in [0.15, 0.2) is 0 Å². The number of nitrogens with two attached hydrogens (primary N) is 1. The van der Waals surface area contributed by atoms with E-state index >= 15 is 0 Å². The number of hydrogen-bond donors (Lipinski definition) is 2. The Morgan fingerprint density at radius 1 is 1.08 bits per heavy atom. The second-order valence-corrected chi connectivity index (χ2v) is 6.83. The van der Waals surface area contributed by atoms with Crippen molar-refractivity contribution in [3.05, 3.63) is 0 Å². The van der Waals surface area contributed by atoms with Crippen molar-refractivity contribution in [1.82, 2.24) is 15.1 Å². The molecule has 0 bridgehead atoms. The predicted molar refractivity (Wildman–Crippen MR) is 100 cm³/mol. The monoisotopic (exact) mass is 376 g/mol. The first kappa shape index (κ1) is 23.7. The Hall–Kier alpha value is -1.34. The number of halogens is 1. The van der Waals surface area contributed by atoms with Gasteiger partial charge in [0, 0.05) is 32.1 Å². The van der Waals surface area contributed by atoms with E-state index in [2.05, 4.69) is 5.32 Å². The topological polar surface area (TPSA) is 95.7 Å². The highest BCUT2D eigenvalue weighted by molar-refractivity contribution is 5.87. The first-order valence-corrected chi connectivity index (χ1v) is 8.82. The summed E-state index contributed by atoms with van der Waals surface area (Å²) in [7, 11) is 0. The van der Waals surface area contributed by atoms with Crippen LogP contribution in [0.2, 0.25) is 0 Å². The lowest BCUT2D eigenvalue weighted by atomic mass is 10.0. The molecule has 0 radical (unpaired) electrons. The third-order valence-electron chi connectivity index (χ3n) is 4.80. The number of carbonyl (C=O) groups excluding carboxylic acids is 3. The maximum atomic E-state index is 12.6. The molecule has 1 aliphatic rings. The second-order valence-electron chi connectivity index (χ2n) is 6.83. The predicted octanol–water partition coefficient (Wildman–Crippen LogP) is 0.756. The summed E-state index contributed by atoms with van der Waals surface area (Å²) in [4.78, 5) is 40.0. The Morgan fingerprint density at radius 2 is 1.56 bits per heavy atom. The molecule has 8 heteroatoms. The fourth-order valence-corrected chi connectivity index (χ4v) is 3.02. The van der Waals surface area contributed by atoms with E-state index in [-0.39, 0.29) is 54.7 Å². The van der Waals surface area contributed by atoms with E-state index in [0.29, 0.717) is 13.1 Å². The minimum absolute atomic E-state index is 0. The van der Waals surface area contributed by atoms with Crippen molar-refractivity contribution in [3.63, 3.8) is 0 Å². The summed E-state index contributed by atoms with van der Waals surface area (Å²) in [5.74, 6) is -0.357. The summed E-state index contributed by atoms with van der Waals surface area (Å²) in [5, 5.41) is 2.64. The molecule has 0 spiro atoms. The molecule has 1 fully saturated rings. The lowest BCUT2D eigenvalue weighted by molar-refractivity contribution is -0.146. The van der Waals surface area contributed by atoms with Gasteiger partial charge >= 0.3 is 0 Å². The summed E-state index contributed by atoms with van der Waals surface area (Å²) >= 11 is 0. The summed E-state index contributed by atoms with van der Waals surface area (Å²) in [5.41, 5.74) is 5.79. The number of hydrogen-bond acceptors (Lipinski definition) is 4. The maximum absolute atomic E-state index is 12.6. The van der Waals surface area contributed by atoms with Gasteiger partial charge in [0.25, 0.3) is 0 Å². The van der Waals surface area contributed by atoms with Crippen molar-refractivity contribution in [2.45, 2.75) is 65.6 Å². The molecule has 0 aliphatic carbocycles. The highest BCUT2D eigenvalue weighted by Crippen LogP contribution is 2.20. The van der Waals surface area contributed by atoms with E-state index in [1.165, 1.54) is 0 Å². The molecule has 3 N–H and O–H groups in total. The summed E-state index contributed by atoms with van der Waals surface area (Å²) in [6.45, 7) is 10.3. The molecule has 0 aromatic heterocycles. The van der Waals surface area contributed by atoms with Gasteiger partial charge < -0.3 is 20.9 Å². The number of amides is 3. The van der Waals surface area contributed by atoms with Gasteiger partial charge in [-0.05, 0) is 18.8 Å². The number of carbonyl (C=O) groups is 3. The zero-order valence-electron chi connectivity index (χ0n) is 15.9. The van der Waals surface area contributed by atoms with Crippen LogP contribution in [0.5, 0.6) is 0 Å². The molecule has 0 aromatic rings. The third kappa shape index (κ3) is 6.15. The SMILES string of the molecule is CCC1CN(C(=O)CNC(=O)[C@@H](N)C(C)C)C(CC)CN1C(C)=O.Cl. The van der Waals surface area contributed by atoms with E-state index < -0.39 is 6.04 Å². The fourth-order valence-electron chi connectivity index (χ4n) is 3.02. The van der Waals surface area contributed by atoms with Crippen LogP contribution < -0.4 is 11.1 Å². The third-order valence-corrected chi connectivity index (χ3v) is 4.80. The average molecular weight is 377 g/mol. The van der Waals surface area contributed by atoms with Crippen molar-refractivity contribution >= 4 is 30.1 Å². The van der Waals surface area contributed by atoms with Crippen LogP contribution in [0.1, 0.15) is 47.5 Å². The average Bonchev–Trinajstić information content (AvgIpc) is 2.56. The van der Waals surface area contributed by atoms with Crippen molar-refractivity contribution < 1.29 is 14.4 Å². The number of nitrogens with zero attached hydrogens (tertiary/aromatic N) is 2. The molecule has 1 saturated heterocycles. The molecular weight excluding hydrogens is 344 g/mol. The summed E-state index contributed by atoms with van der Waals surface area (Å²) in [6.07, 6.45) is 1.57. The molecule has 146 valence electrons. The van der Waals surface area contributed by atoms with Crippen LogP contribution in [0.4, 0.5) is 0 Å². The van der Waals surface area contributed by atoms with Crippen LogP contribution in [-0.4, -0.2) is 65.3 Å². The first-order chi connectivity index (χ1) is 11.2. The highest BCUT2D eigenvalue weighted by atomic mass is 35.5. The van der Waals surface area contributed by atoms with Gasteiger partial charge in [-0.15, -0.1) is 12.4 Å². The van der Waals surface area contributed by atoms with Crippen LogP contribution in [0.15, 0.2) is 0 Å². The Labute approximate surface area is 157 Å². The molecule has 25 heavy (non-hydrogen) atoms. The fraction of sp³-hybridized carbons (Fsp3) is 0.824. The quantitative estimate of drug-likeness (QED) is 0.715. The molecular formula is C17H33ClN4O3. The van der Waals surface area contributed by atoms with Gasteiger partial charge in [-0.3, -0.25) is 14.4 Å².